The van der Waals surface area contributed by atoms with Gasteiger partial charge in [0.15, 0.2) is 5.96 Å². The lowest BCUT2D eigenvalue weighted by Crippen LogP contribution is -2.38. The number of nitrogens with one attached hydrogen (secondary N) is 3. The first-order valence-corrected chi connectivity index (χ1v) is 10.0. The Hall–Kier alpha value is -2.99. The number of aryl methyl sites for hydroxylation is 1. The molecule has 154 valence electrons. The lowest BCUT2D eigenvalue weighted by atomic mass is 10.1. The van der Waals surface area contributed by atoms with Crippen molar-refractivity contribution in [3.63, 3.8) is 0 Å². The van der Waals surface area contributed by atoms with E-state index in [4.69, 9.17) is 4.74 Å². The molecular formula is C23H30N4O2. The van der Waals surface area contributed by atoms with Gasteiger partial charge in [0.1, 0.15) is 5.75 Å². The van der Waals surface area contributed by atoms with Gasteiger partial charge in [-0.15, -0.1) is 0 Å². The largest absolute Gasteiger partial charge is 0.497 e. The number of hydrogen-bond donors (Lipinski definition) is 4. The van der Waals surface area contributed by atoms with Crippen LogP contribution < -0.4 is 15.4 Å². The standard InChI is InChI=1S/C23H30N4O2/c1-4-24-23(27-15-21(28)17-8-10-19(29-3)11-9-17)25-13-12-18-14-26-20-7-5-6-16(2)22(18)20/h5-11,14,21,26,28H,4,12-13,15H2,1-3H3,(H2,24,25,27). The van der Waals surface area contributed by atoms with Crippen LogP contribution in [0.5, 0.6) is 5.75 Å². The summed E-state index contributed by atoms with van der Waals surface area (Å²) in [6.45, 7) is 5.97. The van der Waals surface area contributed by atoms with Gasteiger partial charge >= 0.3 is 0 Å². The van der Waals surface area contributed by atoms with E-state index in [-0.39, 0.29) is 6.54 Å². The summed E-state index contributed by atoms with van der Waals surface area (Å²) in [7, 11) is 1.63. The Labute approximate surface area is 172 Å². The minimum Gasteiger partial charge on any atom is -0.497 e. The second-order valence-electron chi connectivity index (χ2n) is 7.00. The number of aromatic nitrogens is 1. The first-order valence-electron chi connectivity index (χ1n) is 10.0. The number of aliphatic imine (C=N–C) groups is 1. The molecule has 0 bridgehead atoms. The number of rotatable bonds is 8. The number of aromatic amines is 1. The van der Waals surface area contributed by atoms with Gasteiger partial charge in [-0.05, 0) is 55.2 Å². The van der Waals surface area contributed by atoms with E-state index < -0.39 is 6.10 Å². The topological polar surface area (TPSA) is 81.7 Å². The second kappa shape index (κ2) is 9.98. The highest BCUT2D eigenvalue weighted by Gasteiger charge is 2.09. The average Bonchev–Trinajstić information content (AvgIpc) is 3.16. The van der Waals surface area contributed by atoms with Crippen molar-refractivity contribution in [3.05, 3.63) is 65.4 Å². The molecule has 0 saturated heterocycles. The maximum absolute atomic E-state index is 10.4. The van der Waals surface area contributed by atoms with Crippen molar-refractivity contribution in [1.82, 2.24) is 15.6 Å². The summed E-state index contributed by atoms with van der Waals surface area (Å²) >= 11 is 0. The molecule has 1 atom stereocenters. The summed E-state index contributed by atoms with van der Waals surface area (Å²) < 4.78 is 5.16. The first-order chi connectivity index (χ1) is 14.1. The third-order valence-corrected chi connectivity index (χ3v) is 4.95. The molecule has 1 aromatic heterocycles. The van der Waals surface area contributed by atoms with Gasteiger partial charge in [-0.25, -0.2) is 0 Å². The molecule has 0 spiro atoms. The number of aliphatic hydroxyl groups is 1. The predicted octanol–water partition coefficient (Wildman–Crippen LogP) is 3.32. The summed E-state index contributed by atoms with van der Waals surface area (Å²) in [5, 5.41) is 18.3. The zero-order chi connectivity index (χ0) is 20.6. The first kappa shape index (κ1) is 20.7. The molecule has 4 N–H and O–H groups in total. The third kappa shape index (κ3) is 5.29. The fourth-order valence-corrected chi connectivity index (χ4v) is 3.42. The molecule has 0 fully saturated rings. The van der Waals surface area contributed by atoms with Crippen LogP contribution in [-0.2, 0) is 6.42 Å². The Morgan fingerprint density at radius 1 is 1.17 bits per heavy atom. The Morgan fingerprint density at radius 2 is 1.97 bits per heavy atom. The zero-order valence-corrected chi connectivity index (χ0v) is 17.3. The van der Waals surface area contributed by atoms with Crippen molar-refractivity contribution >= 4 is 16.9 Å². The number of aliphatic hydroxyl groups excluding tert-OH is 1. The highest BCUT2D eigenvalue weighted by atomic mass is 16.5. The predicted molar refractivity (Wildman–Crippen MR) is 119 cm³/mol. The summed E-state index contributed by atoms with van der Waals surface area (Å²) in [6.07, 6.45) is 2.31. The van der Waals surface area contributed by atoms with E-state index in [9.17, 15) is 5.11 Å². The van der Waals surface area contributed by atoms with Crippen LogP contribution in [0.15, 0.2) is 53.7 Å². The van der Waals surface area contributed by atoms with Crippen LogP contribution >= 0.6 is 0 Å². The molecule has 0 radical (unpaired) electrons. The molecule has 6 nitrogen and oxygen atoms in total. The Bertz CT molecular complexity index is 947. The second-order valence-corrected chi connectivity index (χ2v) is 7.00. The monoisotopic (exact) mass is 394 g/mol. The minimum absolute atomic E-state index is 0.286. The normalized spacial score (nSPS) is 12.8. The number of H-pyrrole nitrogens is 1. The maximum Gasteiger partial charge on any atom is 0.191 e. The van der Waals surface area contributed by atoms with Crippen LogP contribution in [-0.4, -0.2) is 42.8 Å². The van der Waals surface area contributed by atoms with Crippen molar-refractivity contribution in [2.75, 3.05) is 26.7 Å². The summed E-state index contributed by atoms with van der Waals surface area (Å²) in [6, 6.07) is 13.7. The van der Waals surface area contributed by atoms with Crippen LogP contribution in [0.4, 0.5) is 0 Å². The molecule has 0 aliphatic rings. The van der Waals surface area contributed by atoms with E-state index in [0.717, 1.165) is 30.8 Å². The van der Waals surface area contributed by atoms with Gasteiger partial charge in [-0.2, -0.15) is 0 Å². The number of nitrogens with zero attached hydrogens (tertiary/aromatic N) is 1. The van der Waals surface area contributed by atoms with E-state index in [0.29, 0.717) is 5.96 Å². The Morgan fingerprint density at radius 3 is 2.69 bits per heavy atom. The summed E-state index contributed by atoms with van der Waals surface area (Å²) in [5.41, 5.74) is 4.56. The lowest BCUT2D eigenvalue weighted by Gasteiger charge is -2.13. The maximum atomic E-state index is 10.4. The number of hydrogen-bond acceptors (Lipinski definition) is 3. The SMILES string of the molecule is CCNC(=NCC(O)c1ccc(OC)cc1)NCCc1c[nH]c2cccc(C)c12. The van der Waals surface area contributed by atoms with Gasteiger partial charge in [0.2, 0.25) is 0 Å². The third-order valence-electron chi connectivity index (χ3n) is 4.95. The van der Waals surface area contributed by atoms with Gasteiger partial charge in [-0.1, -0.05) is 24.3 Å². The molecule has 1 unspecified atom stereocenters. The van der Waals surface area contributed by atoms with Gasteiger partial charge in [0.25, 0.3) is 0 Å². The van der Waals surface area contributed by atoms with E-state index in [1.165, 1.54) is 22.0 Å². The van der Waals surface area contributed by atoms with Gasteiger partial charge in [0, 0.05) is 30.2 Å². The van der Waals surface area contributed by atoms with Gasteiger partial charge < -0.3 is 25.5 Å². The van der Waals surface area contributed by atoms with Crippen molar-refractivity contribution in [1.29, 1.82) is 0 Å². The molecule has 0 saturated carbocycles. The zero-order valence-electron chi connectivity index (χ0n) is 17.3. The molecule has 29 heavy (non-hydrogen) atoms. The van der Waals surface area contributed by atoms with Crippen LogP contribution in [0, 0.1) is 6.92 Å². The fourth-order valence-electron chi connectivity index (χ4n) is 3.42. The lowest BCUT2D eigenvalue weighted by molar-refractivity contribution is 0.187. The molecule has 0 amide bonds. The highest BCUT2D eigenvalue weighted by molar-refractivity contribution is 5.86. The van der Waals surface area contributed by atoms with Gasteiger partial charge in [-0.3, -0.25) is 4.99 Å². The quantitative estimate of drug-likeness (QED) is 0.349. The smallest absolute Gasteiger partial charge is 0.191 e. The van der Waals surface area contributed by atoms with E-state index >= 15 is 0 Å². The Kier molecular flexibility index (Phi) is 7.14. The molecule has 0 aliphatic heterocycles. The number of benzene rings is 2. The van der Waals surface area contributed by atoms with Crippen molar-refractivity contribution in [2.45, 2.75) is 26.4 Å². The van der Waals surface area contributed by atoms with Crippen molar-refractivity contribution in [2.24, 2.45) is 4.99 Å². The van der Waals surface area contributed by atoms with E-state index in [2.05, 4.69) is 51.9 Å². The molecule has 2 aromatic carbocycles. The van der Waals surface area contributed by atoms with Crippen LogP contribution in [0.2, 0.25) is 0 Å². The van der Waals surface area contributed by atoms with Crippen LogP contribution in [0.25, 0.3) is 10.9 Å². The fraction of sp³-hybridized carbons (Fsp3) is 0.348. The number of fused-ring (bicyclic) bond motifs is 1. The number of methoxy groups -OCH3 is 1. The molecular weight excluding hydrogens is 364 g/mol. The van der Waals surface area contributed by atoms with E-state index in [1.807, 2.05) is 31.2 Å². The molecule has 6 heteroatoms. The number of ether oxygens (including phenoxy) is 1. The summed E-state index contributed by atoms with van der Waals surface area (Å²) in [4.78, 5) is 7.88. The molecule has 0 aliphatic carbocycles. The number of guanidine groups is 1. The molecule has 3 rings (SSSR count). The Balaban J connectivity index is 1.58. The van der Waals surface area contributed by atoms with Crippen LogP contribution in [0.1, 0.15) is 29.7 Å². The van der Waals surface area contributed by atoms with Gasteiger partial charge in [0.05, 0.1) is 19.8 Å². The minimum atomic E-state index is -0.660. The van der Waals surface area contributed by atoms with Crippen LogP contribution in [0.3, 0.4) is 0 Å². The average molecular weight is 395 g/mol. The summed E-state index contributed by atoms with van der Waals surface area (Å²) in [5.74, 6) is 1.48. The van der Waals surface area contributed by atoms with Crippen molar-refractivity contribution < 1.29 is 9.84 Å². The highest BCUT2D eigenvalue weighted by Crippen LogP contribution is 2.22. The van der Waals surface area contributed by atoms with E-state index in [1.54, 1.807) is 7.11 Å². The van der Waals surface area contributed by atoms with Crippen molar-refractivity contribution in [3.8, 4) is 5.75 Å². The molecule has 1 heterocycles. The molecule has 3 aromatic rings.